The van der Waals surface area contributed by atoms with Crippen LogP contribution in [0.3, 0.4) is 0 Å². The fraction of sp³-hybridized carbons (Fsp3) is 0.278. The number of aromatic nitrogens is 3. The Kier molecular flexibility index (Phi) is 4.75. The molecule has 1 atom stereocenters. The minimum Gasteiger partial charge on any atom is -0.355 e. The molecule has 2 heterocycles. The zero-order valence-electron chi connectivity index (χ0n) is 14.4. The minimum absolute atomic E-state index is 0.0448. The van der Waals surface area contributed by atoms with E-state index in [1.807, 2.05) is 13.8 Å². The van der Waals surface area contributed by atoms with Crippen molar-refractivity contribution in [2.45, 2.75) is 32.9 Å². The average molecular weight is 358 g/mol. The van der Waals surface area contributed by atoms with E-state index in [0.717, 1.165) is 11.0 Å². The van der Waals surface area contributed by atoms with Crippen LogP contribution in [0, 0.1) is 5.82 Å². The molecule has 0 aliphatic carbocycles. The van der Waals surface area contributed by atoms with Crippen LogP contribution in [0.4, 0.5) is 4.39 Å². The fourth-order valence-electron chi connectivity index (χ4n) is 2.69. The maximum atomic E-state index is 13.1. The number of amides is 1. The zero-order chi connectivity index (χ0) is 18.8. The van der Waals surface area contributed by atoms with Crippen LogP contribution in [0.2, 0.25) is 0 Å². The summed E-state index contributed by atoms with van der Waals surface area (Å²) in [4.78, 5) is 42.4. The molecule has 1 aromatic carbocycles. The third-order valence-corrected chi connectivity index (χ3v) is 4.29. The van der Waals surface area contributed by atoms with Crippen LogP contribution in [0.25, 0.3) is 22.2 Å². The summed E-state index contributed by atoms with van der Waals surface area (Å²) in [6, 6.07) is 5.67. The van der Waals surface area contributed by atoms with Crippen molar-refractivity contribution in [1.29, 1.82) is 0 Å². The second-order valence-corrected chi connectivity index (χ2v) is 6.16. The predicted octanol–water partition coefficient (Wildman–Crippen LogP) is 1.74. The molecule has 8 heteroatoms. The van der Waals surface area contributed by atoms with Gasteiger partial charge in [-0.3, -0.25) is 9.59 Å². The van der Waals surface area contributed by atoms with Crippen molar-refractivity contribution in [3.63, 3.8) is 0 Å². The van der Waals surface area contributed by atoms with Crippen molar-refractivity contribution < 1.29 is 9.18 Å². The van der Waals surface area contributed by atoms with Crippen LogP contribution >= 0.6 is 0 Å². The van der Waals surface area contributed by atoms with Crippen molar-refractivity contribution in [2.75, 3.05) is 0 Å². The Morgan fingerprint density at radius 2 is 1.92 bits per heavy atom. The number of aromatic amines is 2. The van der Waals surface area contributed by atoms with E-state index < -0.39 is 17.2 Å². The van der Waals surface area contributed by atoms with E-state index in [2.05, 4.69) is 15.3 Å². The number of benzene rings is 1. The van der Waals surface area contributed by atoms with Gasteiger partial charge in [0.2, 0.25) is 5.91 Å². The molecule has 0 aliphatic rings. The summed E-state index contributed by atoms with van der Waals surface area (Å²) < 4.78 is 14.0. The molecule has 0 radical (unpaired) electrons. The highest BCUT2D eigenvalue weighted by atomic mass is 19.1. The van der Waals surface area contributed by atoms with Gasteiger partial charge in [0, 0.05) is 17.8 Å². The number of fused-ring (bicyclic) bond motifs is 1. The molecule has 1 unspecified atom stereocenters. The standard InChI is InChI=1S/C18H19FN4O3/c1-3-10(2)21-14(24)9-23-17(25)16-15(22-18(23)26)13(8-20-16)11-4-6-12(19)7-5-11/h4-8,10,20H,3,9H2,1-2H3,(H,21,24)(H,22,26). The molecule has 3 aromatic rings. The molecule has 1 amide bonds. The second-order valence-electron chi connectivity index (χ2n) is 6.16. The largest absolute Gasteiger partial charge is 0.355 e. The lowest BCUT2D eigenvalue weighted by molar-refractivity contribution is -0.122. The Morgan fingerprint density at radius 1 is 1.23 bits per heavy atom. The number of nitrogens with zero attached hydrogens (tertiary/aromatic N) is 1. The maximum Gasteiger partial charge on any atom is 0.329 e. The molecule has 136 valence electrons. The summed E-state index contributed by atoms with van der Waals surface area (Å²) in [5.74, 6) is -0.784. The van der Waals surface area contributed by atoms with E-state index in [1.54, 1.807) is 18.3 Å². The highest BCUT2D eigenvalue weighted by Crippen LogP contribution is 2.25. The van der Waals surface area contributed by atoms with Crippen LogP contribution in [0.1, 0.15) is 20.3 Å². The Morgan fingerprint density at radius 3 is 2.58 bits per heavy atom. The number of hydrogen-bond acceptors (Lipinski definition) is 3. The predicted molar refractivity (Wildman–Crippen MR) is 96.5 cm³/mol. The van der Waals surface area contributed by atoms with Gasteiger partial charge in [-0.15, -0.1) is 0 Å². The van der Waals surface area contributed by atoms with Gasteiger partial charge in [-0.1, -0.05) is 19.1 Å². The number of hydrogen-bond donors (Lipinski definition) is 3. The Labute approximate surface area is 147 Å². The van der Waals surface area contributed by atoms with Gasteiger partial charge < -0.3 is 15.3 Å². The summed E-state index contributed by atoms with van der Waals surface area (Å²) in [6.45, 7) is 3.40. The highest BCUT2D eigenvalue weighted by Gasteiger charge is 2.16. The molecule has 0 fully saturated rings. The lowest BCUT2D eigenvalue weighted by atomic mass is 10.1. The van der Waals surface area contributed by atoms with E-state index >= 15 is 0 Å². The van der Waals surface area contributed by atoms with Crippen molar-refractivity contribution in [3.05, 3.63) is 57.1 Å². The van der Waals surface area contributed by atoms with E-state index in [-0.39, 0.29) is 23.9 Å². The van der Waals surface area contributed by atoms with Gasteiger partial charge in [0.1, 0.15) is 17.9 Å². The molecular weight excluding hydrogens is 339 g/mol. The first kappa shape index (κ1) is 17.7. The summed E-state index contributed by atoms with van der Waals surface area (Å²) >= 11 is 0. The Hall–Kier alpha value is -3.16. The van der Waals surface area contributed by atoms with Crippen molar-refractivity contribution in [3.8, 4) is 11.1 Å². The number of nitrogens with one attached hydrogen (secondary N) is 3. The normalized spacial score (nSPS) is 12.3. The first-order chi connectivity index (χ1) is 12.4. The lowest BCUT2D eigenvalue weighted by Gasteiger charge is -2.11. The molecule has 0 saturated heterocycles. The van der Waals surface area contributed by atoms with Gasteiger partial charge in [-0.25, -0.2) is 13.8 Å². The van der Waals surface area contributed by atoms with Crippen LogP contribution in [-0.2, 0) is 11.3 Å². The highest BCUT2D eigenvalue weighted by molar-refractivity contribution is 5.91. The maximum absolute atomic E-state index is 13.1. The van der Waals surface area contributed by atoms with Gasteiger partial charge in [0.15, 0.2) is 0 Å². The molecule has 0 spiro atoms. The molecule has 0 aliphatic heterocycles. The number of halogens is 1. The minimum atomic E-state index is -0.676. The van der Waals surface area contributed by atoms with E-state index in [4.69, 9.17) is 0 Å². The first-order valence-electron chi connectivity index (χ1n) is 8.30. The summed E-state index contributed by atoms with van der Waals surface area (Å²) in [7, 11) is 0. The zero-order valence-corrected chi connectivity index (χ0v) is 14.4. The molecule has 3 N–H and O–H groups in total. The van der Waals surface area contributed by atoms with Crippen molar-refractivity contribution in [1.82, 2.24) is 19.9 Å². The number of carbonyl (C=O) groups is 1. The molecule has 0 bridgehead atoms. The third kappa shape index (κ3) is 3.30. The summed E-state index contributed by atoms with van der Waals surface area (Å²) in [5.41, 5.74) is 0.469. The van der Waals surface area contributed by atoms with Crippen LogP contribution in [0.5, 0.6) is 0 Å². The molecule has 26 heavy (non-hydrogen) atoms. The topological polar surface area (TPSA) is 99.8 Å². The number of carbonyl (C=O) groups excluding carboxylic acids is 1. The quantitative estimate of drug-likeness (QED) is 0.648. The summed E-state index contributed by atoms with van der Waals surface area (Å²) in [5, 5.41) is 2.72. The van der Waals surface area contributed by atoms with Crippen LogP contribution in [0.15, 0.2) is 40.1 Å². The van der Waals surface area contributed by atoms with Gasteiger partial charge in [0.05, 0.1) is 5.52 Å². The molecule has 7 nitrogen and oxygen atoms in total. The first-order valence-corrected chi connectivity index (χ1v) is 8.30. The SMILES string of the molecule is CCC(C)NC(=O)Cn1c(=O)[nH]c2c(-c3ccc(F)cc3)c[nH]c2c1=O. The molecule has 0 saturated carbocycles. The van der Waals surface area contributed by atoms with Crippen molar-refractivity contribution in [2.24, 2.45) is 0 Å². The Balaban J connectivity index is 2.02. The molecule has 3 rings (SSSR count). The Bertz CT molecular complexity index is 1060. The van der Waals surface area contributed by atoms with Gasteiger partial charge >= 0.3 is 5.69 Å². The van der Waals surface area contributed by atoms with Gasteiger partial charge in [0.25, 0.3) is 5.56 Å². The monoisotopic (exact) mass is 358 g/mol. The van der Waals surface area contributed by atoms with Crippen LogP contribution in [-0.4, -0.2) is 26.5 Å². The van der Waals surface area contributed by atoms with Crippen LogP contribution < -0.4 is 16.6 Å². The average Bonchev–Trinajstić information content (AvgIpc) is 3.03. The summed E-state index contributed by atoms with van der Waals surface area (Å²) in [6.07, 6.45) is 2.31. The lowest BCUT2D eigenvalue weighted by Crippen LogP contribution is -2.42. The number of rotatable bonds is 5. The fourth-order valence-corrected chi connectivity index (χ4v) is 2.69. The van der Waals surface area contributed by atoms with Gasteiger partial charge in [-0.2, -0.15) is 0 Å². The molecular formula is C18H19FN4O3. The number of H-pyrrole nitrogens is 2. The van der Waals surface area contributed by atoms with E-state index in [9.17, 15) is 18.8 Å². The van der Waals surface area contributed by atoms with Gasteiger partial charge in [-0.05, 0) is 31.0 Å². The van der Waals surface area contributed by atoms with E-state index in [1.165, 1.54) is 12.1 Å². The smallest absolute Gasteiger partial charge is 0.329 e. The molecule has 2 aromatic heterocycles. The van der Waals surface area contributed by atoms with E-state index in [0.29, 0.717) is 16.6 Å². The van der Waals surface area contributed by atoms with Crippen molar-refractivity contribution >= 4 is 16.9 Å². The second kappa shape index (κ2) is 6.99. The third-order valence-electron chi connectivity index (χ3n) is 4.29.